The van der Waals surface area contributed by atoms with Gasteiger partial charge in [-0.3, -0.25) is 4.79 Å². The number of esters is 1. The van der Waals surface area contributed by atoms with Gasteiger partial charge in [-0.25, -0.2) is 4.79 Å². The monoisotopic (exact) mass is 489 g/mol. The molecule has 3 aromatic rings. The van der Waals surface area contributed by atoms with E-state index in [-0.39, 0.29) is 12.5 Å². The van der Waals surface area contributed by atoms with Crippen molar-refractivity contribution in [3.63, 3.8) is 0 Å². The number of hydrogen-bond acceptors (Lipinski definition) is 4. The van der Waals surface area contributed by atoms with Crippen LogP contribution in [0.15, 0.2) is 66.7 Å². The van der Waals surface area contributed by atoms with Gasteiger partial charge in [0.1, 0.15) is 12.4 Å². The zero-order valence-electron chi connectivity index (χ0n) is 19.9. The summed E-state index contributed by atoms with van der Waals surface area (Å²) in [6, 6.07) is 21.1. The Morgan fingerprint density at radius 3 is 2.49 bits per heavy atom. The lowest BCUT2D eigenvalue weighted by Gasteiger charge is -2.16. The van der Waals surface area contributed by atoms with E-state index in [1.165, 1.54) is 6.92 Å². The van der Waals surface area contributed by atoms with Gasteiger partial charge in [0, 0.05) is 23.2 Å². The summed E-state index contributed by atoms with van der Waals surface area (Å²) >= 11 is 6.40. The van der Waals surface area contributed by atoms with E-state index in [9.17, 15) is 9.59 Å². The van der Waals surface area contributed by atoms with Gasteiger partial charge >= 0.3 is 5.97 Å². The van der Waals surface area contributed by atoms with Crippen molar-refractivity contribution < 1.29 is 19.1 Å². The number of carbonyl (C=O) groups excluding carboxylic acids is 2. The van der Waals surface area contributed by atoms with Crippen LogP contribution in [0.25, 0.3) is 11.1 Å². The quantitative estimate of drug-likeness (QED) is 0.341. The number of hydrogen-bond donors (Lipinski definition) is 1. The Kier molecular flexibility index (Phi) is 7.88. The number of amides is 1. The highest BCUT2D eigenvalue weighted by Crippen LogP contribution is 2.44. The molecule has 0 radical (unpaired) electrons. The van der Waals surface area contributed by atoms with Crippen molar-refractivity contribution in [1.29, 1.82) is 0 Å². The molecule has 0 saturated carbocycles. The highest BCUT2D eigenvalue weighted by atomic mass is 35.5. The lowest BCUT2D eigenvalue weighted by atomic mass is 9.94. The summed E-state index contributed by atoms with van der Waals surface area (Å²) < 4.78 is 11.4. The molecule has 1 amide bonds. The molecule has 0 bridgehead atoms. The molecule has 0 saturated heterocycles. The van der Waals surface area contributed by atoms with Gasteiger partial charge in [0.25, 0.3) is 0 Å². The first-order valence-corrected chi connectivity index (χ1v) is 12.1. The second-order valence-corrected chi connectivity index (χ2v) is 8.86. The molecule has 0 atom stereocenters. The smallest absolute Gasteiger partial charge is 0.338 e. The van der Waals surface area contributed by atoms with Crippen LogP contribution in [0.2, 0.25) is 5.02 Å². The largest absolute Gasteiger partial charge is 0.488 e. The molecular formula is C29H28ClNO4. The molecule has 0 spiro atoms. The Bertz CT molecular complexity index is 1270. The van der Waals surface area contributed by atoms with Crippen LogP contribution in [0.4, 0.5) is 5.69 Å². The van der Waals surface area contributed by atoms with Crippen molar-refractivity contribution in [2.45, 2.75) is 39.7 Å². The van der Waals surface area contributed by atoms with Crippen LogP contribution in [-0.4, -0.2) is 18.5 Å². The maximum absolute atomic E-state index is 12.5. The van der Waals surface area contributed by atoms with Crippen LogP contribution < -0.4 is 10.1 Å². The number of halogens is 1. The third-order valence-electron chi connectivity index (χ3n) is 5.83. The second kappa shape index (κ2) is 11.2. The molecular weight excluding hydrogens is 462 g/mol. The van der Waals surface area contributed by atoms with Gasteiger partial charge in [-0.1, -0.05) is 41.9 Å². The van der Waals surface area contributed by atoms with Crippen molar-refractivity contribution in [3.05, 3.63) is 94.0 Å². The standard InChI is InChI=1S/C29H28ClNO4/c1-3-34-29(33)22-14-21(15-24(16-22)31-19(2)32)25-10-7-11-26(25)27-17-23(30)12-13-28(27)35-18-20-8-5-4-6-9-20/h4-6,8-9,12-17H,3,7,10-11,18H2,1-2H3,(H,31,32). The maximum atomic E-state index is 12.5. The Balaban J connectivity index is 1.76. The number of anilines is 1. The number of rotatable bonds is 8. The first-order chi connectivity index (χ1) is 16.9. The molecule has 0 aliphatic heterocycles. The van der Waals surface area contributed by atoms with Crippen molar-refractivity contribution in [2.75, 3.05) is 11.9 Å². The maximum Gasteiger partial charge on any atom is 0.338 e. The van der Waals surface area contributed by atoms with E-state index in [1.54, 1.807) is 13.0 Å². The Morgan fingerprint density at radius 2 is 1.74 bits per heavy atom. The highest BCUT2D eigenvalue weighted by Gasteiger charge is 2.23. The van der Waals surface area contributed by atoms with E-state index in [0.29, 0.717) is 22.9 Å². The molecule has 0 fully saturated rings. The van der Waals surface area contributed by atoms with E-state index < -0.39 is 5.97 Å². The fourth-order valence-corrected chi connectivity index (χ4v) is 4.54. The summed E-state index contributed by atoms with van der Waals surface area (Å²) in [5.74, 6) is 0.135. The second-order valence-electron chi connectivity index (χ2n) is 8.43. The van der Waals surface area contributed by atoms with Crippen molar-refractivity contribution in [2.24, 2.45) is 0 Å². The van der Waals surface area contributed by atoms with Gasteiger partial charge in [0.15, 0.2) is 0 Å². The molecule has 3 aromatic carbocycles. The van der Waals surface area contributed by atoms with E-state index in [4.69, 9.17) is 21.1 Å². The lowest BCUT2D eigenvalue weighted by Crippen LogP contribution is -2.10. The predicted octanol–water partition coefficient (Wildman–Crippen LogP) is 7.15. The molecule has 0 aromatic heterocycles. The zero-order valence-corrected chi connectivity index (χ0v) is 20.7. The van der Waals surface area contributed by atoms with Gasteiger partial charge < -0.3 is 14.8 Å². The van der Waals surface area contributed by atoms with E-state index in [0.717, 1.165) is 52.8 Å². The SMILES string of the molecule is CCOC(=O)c1cc(NC(C)=O)cc(C2=C(c3cc(Cl)ccc3OCc3ccccc3)CCC2)c1. The first-order valence-electron chi connectivity index (χ1n) is 11.7. The topological polar surface area (TPSA) is 64.6 Å². The third-order valence-corrected chi connectivity index (χ3v) is 6.07. The van der Waals surface area contributed by atoms with Crippen molar-refractivity contribution >= 4 is 40.3 Å². The molecule has 4 rings (SSSR count). The summed E-state index contributed by atoms with van der Waals surface area (Å²) in [5, 5.41) is 3.43. The fourth-order valence-electron chi connectivity index (χ4n) is 4.37. The zero-order chi connectivity index (χ0) is 24.8. The van der Waals surface area contributed by atoms with Crippen LogP contribution in [0.1, 0.15) is 60.2 Å². The molecule has 0 unspecified atom stereocenters. The minimum absolute atomic E-state index is 0.205. The molecule has 1 aliphatic carbocycles. The van der Waals surface area contributed by atoms with Gasteiger partial charge in [-0.15, -0.1) is 0 Å². The first kappa shape index (κ1) is 24.6. The molecule has 1 aliphatic rings. The minimum atomic E-state index is -0.421. The predicted molar refractivity (Wildman–Crippen MR) is 140 cm³/mol. The molecule has 180 valence electrons. The molecule has 0 heterocycles. The van der Waals surface area contributed by atoms with Crippen LogP contribution in [0.5, 0.6) is 5.75 Å². The lowest BCUT2D eigenvalue weighted by molar-refractivity contribution is -0.114. The van der Waals surface area contributed by atoms with Crippen LogP contribution in [-0.2, 0) is 16.1 Å². The number of allylic oxidation sites excluding steroid dienone is 2. The van der Waals surface area contributed by atoms with Crippen LogP contribution in [0.3, 0.4) is 0 Å². The third kappa shape index (κ3) is 6.11. The summed E-state index contributed by atoms with van der Waals surface area (Å²) in [4.78, 5) is 24.3. The van der Waals surface area contributed by atoms with E-state index in [1.807, 2.05) is 60.7 Å². The molecule has 35 heavy (non-hydrogen) atoms. The molecule has 5 nitrogen and oxygen atoms in total. The normalized spacial score (nSPS) is 13.0. The minimum Gasteiger partial charge on any atom is -0.488 e. The number of ether oxygens (including phenoxy) is 2. The fraction of sp³-hybridized carbons (Fsp3) is 0.241. The number of benzene rings is 3. The Labute approximate surface area is 210 Å². The molecule has 1 N–H and O–H groups in total. The number of carbonyl (C=O) groups is 2. The van der Waals surface area contributed by atoms with Crippen LogP contribution >= 0.6 is 11.6 Å². The van der Waals surface area contributed by atoms with E-state index in [2.05, 4.69) is 5.32 Å². The average Bonchev–Trinajstić information content (AvgIpc) is 3.33. The van der Waals surface area contributed by atoms with Crippen LogP contribution in [0, 0.1) is 0 Å². The summed E-state index contributed by atoms with van der Waals surface area (Å²) in [6.45, 7) is 3.93. The summed E-state index contributed by atoms with van der Waals surface area (Å²) in [5.41, 5.74) is 6.10. The molecule has 6 heteroatoms. The highest BCUT2D eigenvalue weighted by molar-refractivity contribution is 6.30. The van der Waals surface area contributed by atoms with Crippen molar-refractivity contribution in [3.8, 4) is 5.75 Å². The van der Waals surface area contributed by atoms with Gasteiger partial charge in [0.05, 0.1) is 12.2 Å². The van der Waals surface area contributed by atoms with Gasteiger partial charge in [-0.2, -0.15) is 0 Å². The van der Waals surface area contributed by atoms with Crippen molar-refractivity contribution in [1.82, 2.24) is 0 Å². The Morgan fingerprint density at radius 1 is 0.971 bits per heavy atom. The Hall–Kier alpha value is -3.57. The summed E-state index contributed by atoms with van der Waals surface area (Å²) in [6.07, 6.45) is 2.66. The average molecular weight is 490 g/mol. The summed E-state index contributed by atoms with van der Waals surface area (Å²) in [7, 11) is 0. The van der Waals surface area contributed by atoms with Gasteiger partial charge in [0.2, 0.25) is 5.91 Å². The number of nitrogens with one attached hydrogen (secondary N) is 1. The van der Waals surface area contributed by atoms with Gasteiger partial charge in [-0.05, 0) is 84.9 Å². The van der Waals surface area contributed by atoms with E-state index >= 15 is 0 Å².